The fraction of sp³-hybridized carbons (Fsp3) is 0.250. The van der Waals surface area contributed by atoms with E-state index in [1.165, 1.54) is 6.42 Å². The number of nitrogens with zero attached hydrogens (tertiary/aromatic N) is 2. The Morgan fingerprint density at radius 3 is 2.37 bits per heavy atom. The number of halogens is 1. The molecule has 2 aliphatic heterocycles. The molecule has 152 valence electrons. The molecular weight excluding hydrogens is 444 g/mol. The Morgan fingerprint density at radius 1 is 0.867 bits per heavy atom. The van der Waals surface area contributed by atoms with Crippen molar-refractivity contribution in [3.05, 3.63) is 75.8 Å². The second-order valence-corrected chi connectivity index (χ2v) is 8.55. The first-order valence-electron chi connectivity index (χ1n) is 10.2. The van der Waals surface area contributed by atoms with Gasteiger partial charge in [0.05, 0.1) is 16.8 Å². The molecule has 30 heavy (non-hydrogen) atoms. The van der Waals surface area contributed by atoms with Crippen LogP contribution in [0.2, 0.25) is 0 Å². The van der Waals surface area contributed by atoms with Crippen LogP contribution < -0.4 is 4.90 Å². The Morgan fingerprint density at radius 2 is 1.60 bits per heavy atom. The summed E-state index contributed by atoms with van der Waals surface area (Å²) in [4.78, 5) is 34.4. The summed E-state index contributed by atoms with van der Waals surface area (Å²) in [5.74, 6) is -0.841. The number of hydrogen-bond acceptors (Lipinski definition) is 4. The summed E-state index contributed by atoms with van der Waals surface area (Å²) in [6.45, 7) is 2.10. The van der Waals surface area contributed by atoms with Gasteiger partial charge in [-0.25, -0.2) is 0 Å². The molecule has 0 spiro atoms. The van der Waals surface area contributed by atoms with E-state index in [4.69, 9.17) is 4.84 Å². The molecule has 5 nitrogen and oxygen atoms in total. The van der Waals surface area contributed by atoms with Gasteiger partial charge in [0, 0.05) is 28.3 Å². The van der Waals surface area contributed by atoms with E-state index < -0.39 is 11.8 Å². The molecule has 0 aromatic heterocycles. The van der Waals surface area contributed by atoms with E-state index >= 15 is 0 Å². The smallest absolute Gasteiger partial charge is 0.285 e. The zero-order valence-electron chi connectivity index (χ0n) is 16.4. The molecule has 5 rings (SSSR count). The van der Waals surface area contributed by atoms with Crippen LogP contribution in [0.25, 0.3) is 10.8 Å². The number of amides is 2. The van der Waals surface area contributed by atoms with Crippen LogP contribution in [0, 0.1) is 0 Å². The Balaban J connectivity index is 1.57. The first-order chi connectivity index (χ1) is 14.6. The zero-order valence-corrected chi connectivity index (χ0v) is 18.0. The molecule has 1 saturated heterocycles. The second-order valence-electron chi connectivity index (χ2n) is 7.69. The summed E-state index contributed by atoms with van der Waals surface area (Å²) in [7, 11) is 0. The van der Waals surface area contributed by atoms with Crippen LogP contribution in [-0.4, -0.2) is 30.0 Å². The van der Waals surface area contributed by atoms with Crippen molar-refractivity contribution in [1.29, 1.82) is 0 Å². The lowest BCUT2D eigenvalue weighted by Gasteiger charge is -2.33. The average molecular weight is 465 g/mol. The van der Waals surface area contributed by atoms with E-state index in [2.05, 4.69) is 20.8 Å². The van der Waals surface area contributed by atoms with Crippen molar-refractivity contribution >= 4 is 44.2 Å². The summed E-state index contributed by atoms with van der Waals surface area (Å²) in [6, 6.07) is 17.0. The van der Waals surface area contributed by atoms with Crippen molar-refractivity contribution in [2.45, 2.75) is 25.9 Å². The van der Waals surface area contributed by atoms with Gasteiger partial charge < -0.3 is 4.90 Å². The maximum atomic E-state index is 13.2. The molecule has 1 fully saturated rings. The van der Waals surface area contributed by atoms with E-state index in [-0.39, 0.29) is 6.61 Å². The Labute approximate surface area is 183 Å². The number of carbonyl (C=O) groups excluding carboxylic acids is 2. The highest BCUT2D eigenvalue weighted by Crippen LogP contribution is 2.41. The fourth-order valence-electron chi connectivity index (χ4n) is 4.36. The Bertz CT molecular complexity index is 1140. The summed E-state index contributed by atoms with van der Waals surface area (Å²) in [5.41, 5.74) is 2.94. The molecule has 2 aliphatic rings. The molecule has 6 heteroatoms. The summed E-state index contributed by atoms with van der Waals surface area (Å²) >= 11 is 3.69. The topological polar surface area (TPSA) is 49.9 Å². The average Bonchev–Trinajstić information content (AvgIpc) is 2.78. The standard InChI is InChI=1S/C24H21BrN2O3/c25-20-14-19-21-17(22(20)26-12-5-2-6-13-26)10-7-11-18(21)23(28)27(24(19)29)30-15-16-8-3-1-4-9-16/h1,3-4,7-11,14H,2,5-6,12-13,15H2. The first kappa shape index (κ1) is 19.3. The summed E-state index contributed by atoms with van der Waals surface area (Å²) in [6.07, 6.45) is 3.53. The summed E-state index contributed by atoms with van der Waals surface area (Å²) in [5, 5.41) is 2.55. The number of hydrogen-bond donors (Lipinski definition) is 0. The predicted octanol–water partition coefficient (Wildman–Crippen LogP) is 5.32. The number of piperidine rings is 1. The van der Waals surface area contributed by atoms with Gasteiger partial charge in [-0.2, -0.15) is 0 Å². The molecule has 3 aromatic carbocycles. The predicted molar refractivity (Wildman–Crippen MR) is 119 cm³/mol. The number of benzene rings is 3. The van der Waals surface area contributed by atoms with Gasteiger partial charge in [0.1, 0.15) is 6.61 Å². The molecule has 0 saturated carbocycles. The zero-order chi connectivity index (χ0) is 20.7. The van der Waals surface area contributed by atoms with Crippen LogP contribution in [0.4, 0.5) is 5.69 Å². The molecule has 2 amide bonds. The Hall–Kier alpha value is -2.70. The number of hydroxylamine groups is 2. The number of imide groups is 1. The van der Waals surface area contributed by atoms with E-state index in [1.54, 1.807) is 6.07 Å². The maximum Gasteiger partial charge on any atom is 0.285 e. The molecule has 0 atom stereocenters. The molecular formula is C24H21BrN2O3. The first-order valence-corrected chi connectivity index (χ1v) is 11.0. The maximum absolute atomic E-state index is 13.2. The molecule has 0 unspecified atom stereocenters. The molecule has 2 heterocycles. The molecule has 0 N–H and O–H groups in total. The third-order valence-electron chi connectivity index (χ3n) is 5.79. The van der Waals surface area contributed by atoms with Crippen LogP contribution in [0.5, 0.6) is 0 Å². The van der Waals surface area contributed by atoms with E-state index in [0.29, 0.717) is 11.1 Å². The highest BCUT2D eigenvalue weighted by molar-refractivity contribution is 9.10. The number of rotatable bonds is 4. The number of anilines is 1. The van der Waals surface area contributed by atoms with E-state index in [9.17, 15) is 9.59 Å². The normalized spacial score (nSPS) is 16.4. The molecule has 0 radical (unpaired) electrons. The van der Waals surface area contributed by atoms with Gasteiger partial charge in [-0.15, -0.1) is 5.06 Å². The minimum absolute atomic E-state index is 0.149. The fourth-order valence-corrected chi connectivity index (χ4v) is 5.06. The molecule has 3 aromatic rings. The minimum atomic E-state index is -0.425. The van der Waals surface area contributed by atoms with Crippen molar-refractivity contribution in [1.82, 2.24) is 5.06 Å². The number of carbonyl (C=O) groups is 2. The van der Waals surface area contributed by atoms with Crippen molar-refractivity contribution in [3.63, 3.8) is 0 Å². The van der Waals surface area contributed by atoms with Gasteiger partial charge in [0.2, 0.25) is 0 Å². The molecule has 0 bridgehead atoms. The SMILES string of the molecule is O=C1c2cccc3c(N4CCCCC4)c(Br)cc(c23)C(=O)N1OCc1ccccc1. The van der Waals surface area contributed by atoms with Crippen LogP contribution in [0.15, 0.2) is 59.1 Å². The van der Waals surface area contributed by atoms with Gasteiger partial charge in [0.25, 0.3) is 11.8 Å². The van der Waals surface area contributed by atoms with Gasteiger partial charge in [-0.05, 0) is 52.9 Å². The van der Waals surface area contributed by atoms with Gasteiger partial charge >= 0.3 is 0 Å². The third-order valence-corrected chi connectivity index (χ3v) is 6.40. The van der Waals surface area contributed by atoms with Crippen molar-refractivity contribution < 1.29 is 14.4 Å². The highest BCUT2D eigenvalue weighted by atomic mass is 79.9. The highest BCUT2D eigenvalue weighted by Gasteiger charge is 2.36. The van der Waals surface area contributed by atoms with Crippen LogP contribution in [0.1, 0.15) is 45.5 Å². The lowest BCUT2D eigenvalue weighted by atomic mass is 9.93. The van der Waals surface area contributed by atoms with Crippen LogP contribution in [-0.2, 0) is 11.4 Å². The largest absolute Gasteiger partial charge is 0.370 e. The van der Waals surface area contributed by atoms with Gasteiger partial charge in [-0.1, -0.05) is 42.5 Å². The lowest BCUT2D eigenvalue weighted by molar-refractivity contribution is -0.104. The third kappa shape index (κ3) is 3.20. The van der Waals surface area contributed by atoms with Gasteiger partial charge in [-0.3, -0.25) is 14.4 Å². The quantitative estimate of drug-likeness (QED) is 0.490. The van der Waals surface area contributed by atoms with Gasteiger partial charge in [0.15, 0.2) is 0 Å². The van der Waals surface area contributed by atoms with E-state index in [0.717, 1.165) is 57.5 Å². The monoisotopic (exact) mass is 464 g/mol. The minimum Gasteiger partial charge on any atom is -0.370 e. The Kier molecular flexibility index (Phi) is 5.05. The summed E-state index contributed by atoms with van der Waals surface area (Å²) < 4.78 is 0.870. The van der Waals surface area contributed by atoms with Crippen LogP contribution in [0.3, 0.4) is 0 Å². The molecule has 0 aliphatic carbocycles. The lowest BCUT2D eigenvalue weighted by Crippen LogP contribution is -2.40. The van der Waals surface area contributed by atoms with Crippen molar-refractivity contribution in [3.8, 4) is 0 Å². The van der Waals surface area contributed by atoms with Crippen molar-refractivity contribution in [2.24, 2.45) is 0 Å². The second kappa shape index (κ2) is 7.85. The van der Waals surface area contributed by atoms with Crippen LogP contribution >= 0.6 is 15.9 Å². The van der Waals surface area contributed by atoms with E-state index in [1.807, 2.05) is 48.5 Å². The van der Waals surface area contributed by atoms with Crippen molar-refractivity contribution in [2.75, 3.05) is 18.0 Å².